The first-order chi connectivity index (χ1) is 18.0. The first-order valence-corrected chi connectivity index (χ1v) is 12.4. The molecule has 0 spiro atoms. The van der Waals surface area contributed by atoms with Crippen LogP contribution >= 0.6 is 0 Å². The monoisotopic (exact) mass is 504 g/mol. The lowest BCUT2D eigenvalue weighted by Gasteiger charge is -2.31. The lowest BCUT2D eigenvalue weighted by atomic mass is 10.1. The average molecular weight is 505 g/mol. The van der Waals surface area contributed by atoms with Gasteiger partial charge in [0.15, 0.2) is 17.1 Å². The first kappa shape index (κ1) is 24.5. The van der Waals surface area contributed by atoms with E-state index < -0.39 is 0 Å². The summed E-state index contributed by atoms with van der Waals surface area (Å²) in [5.74, 6) is 0.842. The zero-order chi connectivity index (χ0) is 25.8. The highest BCUT2D eigenvalue weighted by Crippen LogP contribution is 2.35. The topological polar surface area (TPSA) is 83.3 Å². The van der Waals surface area contributed by atoms with Crippen LogP contribution in [0.3, 0.4) is 0 Å². The van der Waals surface area contributed by atoms with Gasteiger partial charge in [0.2, 0.25) is 6.41 Å². The fourth-order valence-corrected chi connectivity index (χ4v) is 4.64. The number of hydrogen-bond acceptors (Lipinski definition) is 7. The Morgan fingerprint density at radius 1 is 1.14 bits per heavy atom. The molecule has 9 nitrogen and oxygen atoms in total. The molecule has 0 unspecified atom stereocenters. The fraction of sp³-hybridized carbons (Fsp3) is 0.333. The minimum atomic E-state index is -0.294. The minimum absolute atomic E-state index is 0.0206. The number of carbonyl (C=O) groups is 2. The predicted molar refractivity (Wildman–Crippen MR) is 137 cm³/mol. The van der Waals surface area contributed by atoms with Crippen LogP contribution in [0.25, 0.3) is 0 Å². The van der Waals surface area contributed by atoms with Gasteiger partial charge in [-0.25, -0.2) is 9.37 Å². The van der Waals surface area contributed by atoms with E-state index in [9.17, 15) is 14.0 Å². The molecule has 2 aromatic heterocycles. The maximum absolute atomic E-state index is 13.2. The first-order valence-electron chi connectivity index (χ1n) is 12.4. The third-order valence-corrected chi connectivity index (χ3v) is 6.52. The van der Waals surface area contributed by atoms with Crippen molar-refractivity contribution in [1.82, 2.24) is 19.5 Å². The van der Waals surface area contributed by atoms with Crippen molar-refractivity contribution in [3.05, 3.63) is 77.3 Å². The van der Waals surface area contributed by atoms with E-state index in [0.717, 1.165) is 43.6 Å². The van der Waals surface area contributed by atoms with Crippen LogP contribution in [-0.4, -0.2) is 65.1 Å². The number of amides is 1. The lowest BCUT2D eigenvalue weighted by molar-refractivity contribution is 0.0723. The van der Waals surface area contributed by atoms with E-state index in [1.807, 2.05) is 15.9 Å². The molecule has 0 aliphatic carbocycles. The van der Waals surface area contributed by atoms with Crippen molar-refractivity contribution in [2.75, 3.05) is 38.2 Å². The molecule has 3 aromatic rings. The minimum Gasteiger partial charge on any atom is -0.488 e. The van der Waals surface area contributed by atoms with Gasteiger partial charge in [-0.05, 0) is 49.1 Å². The number of anilines is 2. The second-order valence-electron chi connectivity index (χ2n) is 9.20. The number of pyridine rings is 2. The second-order valence-corrected chi connectivity index (χ2v) is 9.20. The van der Waals surface area contributed by atoms with E-state index in [1.165, 1.54) is 16.7 Å². The molecule has 1 saturated heterocycles. The third kappa shape index (κ3) is 5.47. The summed E-state index contributed by atoms with van der Waals surface area (Å²) in [6, 6.07) is 11.6. The molecule has 0 N–H and O–H groups in total. The maximum atomic E-state index is 13.2. The van der Waals surface area contributed by atoms with Gasteiger partial charge in [-0.2, -0.15) is 5.10 Å². The zero-order valence-electron chi connectivity index (χ0n) is 20.7. The highest BCUT2D eigenvalue weighted by molar-refractivity contribution is 5.95. The summed E-state index contributed by atoms with van der Waals surface area (Å²) in [5, 5.41) is 6.28. The van der Waals surface area contributed by atoms with Gasteiger partial charge in [0, 0.05) is 44.3 Å². The van der Waals surface area contributed by atoms with Crippen LogP contribution in [-0.2, 0) is 11.3 Å². The highest BCUT2D eigenvalue weighted by Gasteiger charge is 2.25. The van der Waals surface area contributed by atoms with Gasteiger partial charge in [0.25, 0.3) is 5.91 Å². The Kier molecular flexibility index (Phi) is 7.16. The summed E-state index contributed by atoms with van der Waals surface area (Å²) in [6.07, 6.45) is 7.15. The van der Waals surface area contributed by atoms with E-state index in [2.05, 4.69) is 10.1 Å². The third-order valence-electron chi connectivity index (χ3n) is 6.52. The van der Waals surface area contributed by atoms with Gasteiger partial charge in [0.05, 0.1) is 18.7 Å². The summed E-state index contributed by atoms with van der Waals surface area (Å²) in [6.45, 7) is 2.96. The Morgan fingerprint density at radius 2 is 1.92 bits per heavy atom. The van der Waals surface area contributed by atoms with Crippen molar-refractivity contribution in [3.63, 3.8) is 0 Å². The molecule has 2 aliphatic rings. The van der Waals surface area contributed by atoms with Gasteiger partial charge in [-0.15, -0.1) is 0 Å². The number of fused-ring (bicyclic) bond motifs is 1. The maximum Gasteiger partial charge on any atom is 0.255 e. The molecule has 0 bridgehead atoms. The molecular weight excluding hydrogens is 475 g/mol. The molecule has 37 heavy (non-hydrogen) atoms. The fourth-order valence-electron chi connectivity index (χ4n) is 4.64. The Labute approximate surface area is 214 Å². The van der Waals surface area contributed by atoms with Gasteiger partial charge in [-0.3, -0.25) is 19.2 Å². The highest BCUT2D eigenvalue weighted by atomic mass is 19.1. The molecule has 5 rings (SSSR count). The van der Waals surface area contributed by atoms with Gasteiger partial charge in [0.1, 0.15) is 12.4 Å². The number of likely N-dealkylation sites (tertiary alicyclic amines) is 1. The smallest absolute Gasteiger partial charge is 0.255 e. The number of hydrogen-bond donors (Lipinski definition) is 0. The number of halogens is 1. The molecule has 1 aromatic carbocycles. The largest absolute Gasteiger partial charge is 0.488 e. The van der Waals surface area contributed by atoms with Crippen molar-refractivity contribution >= 4 is 23.8 Å². The standard InChI is InChI=1S/C27H29FN6O3/c1-31(18-20-5-7-22(28)8-6-20)30-25-16-23(9-12-33(25)19-35)34-13-14-37-24-15-21(17-29-26(24)34)27(36)32-10-3-2-4-11-32/h5-9,12,15-17,19H,2-4,10-11,13-14,18H2,1H3/b30-25-. The van der Waals surface area contributed by atoms with Crippen LogP contribution in [0.4, 0.5) is 15.9 Å². The molecule has 1 fully saturated rings. The number of carbonyl (C=O) groups excluding carboxylic acids is 2. The molecule has 192 valence electrons. The van der Waals surface area contributed by atoms with Crippen molar-refractivity contribution in [2.24, 2.45) is 5.10 Å². The van der Waals surface area contributed by atoms with Crippen molar-refractivity contribution < 1.29 is 18.7 Å². The lowest BCUT2D eigenvalue weighted by Crippen LogP contribution is -2.36. The van der Waals surface area contributed by atoms with Crippen molar-refractivity contribution in [3.8, 4) is 5.75 Å². The Bertz CT molecular complexity index is 1350. The number of benzene rings is 1. The Hall–Kier alpha value is -4.21. The van der Waals surface area contributed by atoms with Crippen LogP contribution in [0.1, 0.15) is 35.2 Å². The van der Waals surface area contributed by atoms with Gasteiger partial charge in [-0.1, -0.05) is 12.1 Å². The number of ether oxygens (including phenoxy) is 1. The molecule has 0 saturated carbocycles. The molecule has 4 heterocycles. The molecule has 0 radical (unpaired) electrons. The molecule has 0 atom stereocenters. The molecule has 2 aliphatic heterocycles. The quantitative estimate of drug-likeness (QED) is 0.379. The Balaban J connectivity index is 1.41. The molecule has 10 heteroatoms. The summed E-state index contributed by atoms with van der Waals surface area (Å²) in [4.78, 5) is 33.1. The van der Waals surface area contributed by atoms with E-state index in [1.54, 1.807) is 48.7 Å². The normalized spacial score (nSPS) is 15.7. The van der Waals surface area contributed by atoms with Crippen LogP contribution in [0.15, 0.2) is 60.0 Å². The van der Waals surface area contributed by atoms with Gasteiger partial charge >= 0.3 is 0 Å². The number of aromatic nitrogens is 2. The zero-order valence-corrected chi connectivity index (χ0v) is 20.7. The average Bonchev–Trinajstić information content (AvgIpc) is 2.93. The van der Waals surface area contributed by atoms with E-state index in [4.69, 9.17) is 4.74 Å². The number of nitrogens with zero attached hydrogens (tertiary/aromatic N) is 6. The van der Waals surface area contributed by atoms with E-state index >= 15 is 0 Å². The summed E-state index contributed by atoms with van der Waals surface area (Å²) in [7, 11) is 1.79. The molecular formula is C27H29FN6O3. The summed E-state index contributed by atoms with van der Waals surface area (Å²) in [5.41, 5.74) is 2.64. The summed E-state index contributed by atoms with van der Waals surface area (Å²) >= 11 is 0. The van der Waals surface area contributed by atoms with Crippen LogP contribution in [0.5, 0.6) is 5.75 Å². The van der Waals surface area contributed by atoms with Crippen LogP contribution < -0.4 is 15.1 Å². The van der Waals surface area contributed by atoms with Crippen molar-refractivity contribution in [1.29, 1.82) is 0 Å². The molecule has 1 amide bonds. The summed E-state index contributed by atoms with van der Waals surface area (Å²) < 4.78 is 20.5. The van der Waals surface area contributed by atoms with E-state index in [-0.39, 0.29) is 11.7 Å². The second kappa shape index (κ2) is 10.8. The Morgan fingerprint density at radius 3 is 2.68 bits per heavy atom. The van der Waals surface area contributed by atoms with Crippen molar-refractivity contribution in [2.45, 2.75) is 25.8 Å². The SMILES string of the molecule is CN(Cc1ccc(F)cc1)/N=c1/cc(N2CCOc3cc(C(=O)N4CCCCC4)cnc32)ccn1C=O. The van der Waals surface area contributed by atoms with Crippen LogP contribution in [0, 0.1) is 5.82 Å². The van der Waals surface area contributed by atoms with Crippen LogP contribution in [0.2, 0.25) is 0 Å². The predicted octanol–water partition coefficient (Wildman–Crippen LogP) is 3.16. The van der Waals surface area contributed by atoms with E-state index in [0.29, 0.717) is 48.7 Å². The number of rotatable bonds is 6. The number of piperidine rings is 1. The van der Waals surface area contributed by atoms with Gasteiger partial charge < -0.3 is 14.5 Å².